The Morgan fingerprint density at radius 2 is 1.46 bits per heavy atom. The van der Waals surface area contributed by atoms with Crippen LogP contribution in [0, 0.1) is 0 Å². The van der Waals surface area contributed by atoms with Crippen LogP contribution in [0.4, 0.5) is 26.7 Å². The number of hydrogen-bond acceptors (Lipinski definition) is 2. The number of cyclic esters (lactones) is 1. The maximum absolute atomic E-state index is 13.9. The van der Waals surface area contributed by atoms with E-state index in [1.54, 1.807) is 0 Å². The molecular formula is C17H13ClF5NO2. The van der Waals surface area contributed by atoms with Crippen LogP contribution in [-0.2, 0) is 10.9 Å². The first kappa shape index (κ1) is 20.0. The maximum Gasteiger partial charge on any atom is 0.416 e. The van der Waals surface area contributed by atoms with Gasteiger partial charge in [0.15, 0.2) is 6.61 Å². The van der Waals surface area contributed by atoms with Crippen molar-refractivity contribution in [1.82, 2.24) is 5.32 Å². The molecule has 3 rings (SSSR count). The fourth-order valence-electron chi connectivity index (χ4n) is 2.56. The number of ether oxygens (including phenoxy) is 1. The summed E-state index contributed by atoms with van der Waals surface area (Å²) in [7, 11) is 0. The topological polar surface area (TPSA) is 38.3 Å². The highest BCUT2D eigenvalue weighted by Gasteiger charge is 2.46. The lowest BCUT2D eigenvalue weighted by molar-refractivity contribution is -0.137. The highest BCUT2D eigenvalue weighted by atomic mass is 35.5. The Labute approximate surface area is 151 Å². The number of benzene rings is 2. The number of amides is 1. The van der Waals surface area contributed by atoms with Crippen LogP contribution in [0.1, 0.15) is 17.2 Å². The van der Waals surface area contributed by atoms with E-state index in [2.05, 4.69) is 10.1 Å². The zero-order chi connectivity index (χ0) is 18.2. The number of carbonyl (C=O) groups excluding carboxylic acids is 1. The molecule has 0 spiro atoms. The molecule has 26 heavy (non-hydrogen) atoms. The average molecular weight is 394 g/mol. The normalized spacial score (nSPS) is 19.1. The molecule has 2 aromatic carbocycles. The molecule has 1 fully saturated rings. The van der Waals surface area contributed by atoms with Gasteiger partial charge < -0.3 is 10.1 Å². The van der Waals surface area contributed by atoms with E-state index in [-0.39, 0.29) is 18.0 Å². The van der Waals surface area contributed by atoms with Crippen LogP contribution in [0.2, 0.25) is 0 Å². The van der Waals surface area contributed by atoms with E-state index in [9.17, 15) is 26.7 Å². The second-order valence-corrected chi connectivity index (χ2v) is 5.61. The molecule has 1 N–H and O–H groups in total. The molecule has 0 radical (unpaired) electrons. The van der Waals surface area contributed by atoms with Crippen molar-refractivity contribution < 1.29 is 31.5 Å². The van der Waals surface area contributed by atoms with Crippen molar-refractivity contribution in [3.05, 3.63) is 59.7 Å². The van der Waals surface area contributed by atoms with Crippen molar-refractivity contribution >= 4 is 18.5 Å². The van der Waals surface area contributed by atoms with Crippen molar-refractivity contribution in [3.8, 4) is 11.1 Å². The highest BCUT2D eigenvalue weighted by molar-refractivity contribution is 5.85. The molecule has 1 atom stereocenters. The second-order valence-electron chi connectivity index (χ2n) is 5.61. The van der Waals surface area contributed by atoms with Gasteiger partial charge in [0, 0.05) is 0 Å². The van der Waals surface area contributed by atoms with Gasteiger partial charge in [-0.25, -0.2) is 13.6 Å². The first-order chi connectivity index (χ1) is 11.7. The summed E-state index contributed by atoms with van der Waals surface area (Å²) in [4.78, 5) is 11.2. The smallest absolute Gasteiger partial charge is 0.416 e. The van der Waals surface area contributed by atoms with Gasteiger partial charge in [0.1, 0.15) is 6.04 Å². The monoisotopic (exact) mass is 393 g/mol. The van der Waals surface area contributed by atoms with Gasteiger partial charge in [0.05, 0.1) is 5.56 Å². The van der Waals surface area contributed by atoms with Crippen molar-refractivity contribution in [2.45, 2.75) is 18.1 Å². The van der Waals surface area contributed by atoms with Crippen LogP contribution in [-0.4, -0.2) is 18.6 Å². The lowest BCUT2D eigenvalue weighted by atomic mass is 9.96. The Balaban J connectivity index is 0.00000243. The average Bonchev–Trinajstić information content (AvgIpc) is 2.57. The number of carbonyl (C=O) groups is 1. The van der Waals surface area contributed by atoms with Gasteiger partial charge in [-0.15, -0.1) is 12.4 Å². The van der Waals surface area contributed by atoms with Crippen molar-refractivity contribution in [2.24, 2.45) is 0 Å². The maximum atomic E-state index is 13.9. The van der Waals surface area contributed by atoms with E-state index in [1.165, 1.54) is 36.4 Å². The number of nitrogens with one attached hydrogen (secondary N) is 1. The van der Waals surface area contributed by atoms with Crippen LogP contribution in [0.15, 0.2) is 48.5 Å². The van der Waals surface area contributed by atoms with Gasteiger partial charge in [-0.2, -0.15) is 13.2 Å². The van der Waals surface area contributed by atoms with Gasteiger partial charge in [0.2, 0.25) is 0 Å². The number of hydrogen-bond donors (Lipinski definition) is 1. The van der Waals surface area contributed by atoms with Gasteiger partial charge in [0.25, 0.3) is 0 Å². The van der Waals surface area contributed by atoms with Crippen molar-refractivity contribution in [1.29, 1.82) is 0 Å². The third-order valence-corrected chi connectivity index (χ3v) is 3.87. The number of halogens is 6. The van der Waals surface area contributed by atoms with Crippen LogP contribution < -0.4 is 5.32 Å². The summed E-state index contributed by atoms with van der Waals surface area (Å²) in [5.74, 6) is -3.26. The molecule has 1 saturated heterocycles. The standard InChI is InChI=1S/C17H12F5NO2.ClH/c18-16(19)9-25-15(24)23-14(16)12-3-1-10(2-4-12)11-5-7-13(8-6-11)17(20,21)22;/h1-8,14H,9H2,(H,23,24);1H/t14-;/m1./s1. The highest BCUT2D eigenvalue weighted by Crippen LogP contribution is 2.35. The summed E-state index contributed by atoms with van der Waals surface area (Å²) in [6.07, 6.45) is -5.35. The second kappa shape index (κ2) is 7.11. The summed E-state index contributed by atoms with van der Waals surface area (Å²) in [6.45, 7) is -1.01. The van der Waals surface area contributed by atoms with Gasteiger partial charge in [-0.3, -0.25) is 0 Å². The zero-order valence-corrected chi connectivity index (χ0v) is 13.8. The zero-order valence-electron chi connectivity index (χ0n) is 13.0. The third-order valence-electron chi connectivity index (χ3n) is 3.87. The molecule has 1 aliphatic heterocycles. The molecule has 2 aromatic rings. The third kappa shape index (κ3) is 4.07. The quantitative estimate of drug-likeness (QED) is 0.711. The predicted octanol–water partition coefficient (Wildman–Crippen LogP) is 5.21. The fourth-order valence-corrected chi connectivity index (χ4v) is 2.56. The molecular weight excluding hydrogens is 381 g/mol. The Morgan fingerprint density at radius 3 is 1.96 bits per heavy atom. The van der Waals surface area contributed by atoms with Crippen molar-refractivity contribution in [3.63, 3.8) is 0 Å². The van der Waals surface area contributed by atoms with E-state index in [0.717, 1.165) is 12.1 Å². The molecule has 140 valence electrons. The molecule has 9 heteroatoms. The van der Waals surface area contributed by atoms with Crippen molar-refractivity contribution in [2.75, 3.05) is 6.61 Å². The first-order valence-electron chi connectivity index (χ1n) is 7.25. The fraction of sp³-hybridized carbons (Fsp3) is 0.235. The van der Waals surface area contributed by atoms with E-state index >= 15 is 0 Å². The summed E-state index contributed by atoms with van der Waals surface area (Å²) in [5.41, 5.74) is 0.497. The molecule has 0 bridgehead atoms. The minimum Gasteiger partial charge on any atom is -0.443 e. The van der Waals surface area contributed by atoms with Crippen LogP contribution in [0.3, 0.4) is 0 Å². The lowest BCUT2D eigenvalue weighted by Crippen LogP contribution is -2.49. The minimum absolute atomic E-state index is 0. The van der Waals surface area contributed by atoms with Crippen LogP contribution in [0.5, 0.6) is 0 Å². The summed E-state index contributed by atoms with van der Waals surface area (Å²) in [5, 5.41) is 2.07. The summed E-state index contributed by atoms with van der Waals surface area (Å²) < 4.78 is 69.7. The molecule has 0 aliphatic carbocycles. The number of alkyl carbamates (subject to hydrolysis) is 1. The predicted molar refractivity (Wildman–Crippen MR) is 86.3 cm³/mol. The van der Waals surface area contributed by atoms with Crippen LogP contribution >= 0.6 is 12.4 Å². The van der Waals surface area contributed by atoms with E-state index < -0.39 is 36.4 Å². The van der Waals surface area contributed by atoms with E-state index in [1.807, 2.05) is 0 Å². The van der Waals surface area contributed by atoms with Crippen LogP contribution in [0.25, 0.3) is 11.1 Å². The van der Waals surface area contributed by atoms with Gasteiger partial charge in [-0.05, 0) is 28.8 Å². The molecule has 1 aliphatic rings. The molecule has 0 saturated carbocycles. The summed E-state index contributed by atoms with van der Waals surface area (Å²) in [6, 6.07) is 8.83. The SMILES string of the molecule is Cl.O=C1N[C@H](c2ccc(-c3ccc(C(F)(F)F)cc3)cc2)C(F)(F)CO1. The molecule has 1 amide bonds. The van der Waals surface area contributed by atoms with Gasteiger partial charge >= 0.3 is 18.2 Å². The first-order valence-corrected chi connectivity index (χ1v) is 7.25. The lowest BCUT2D eigenvalue weighted by Gasteiger charge is -2.31. The Kier molecular flexibility index (Phi) is 5.46. The number of alkyl halides is 5. The molecule has 3 nitrogen and oxygen atoms in total. The van der Waals surface area contributed by atoms with E-state index in [0.29, 0.717) is 11.1 Å². The Morgan fingerprint density at radius 1 is 0.962 bits per heavy atom. The minimum atomic E-state index is -4.42. The Bertz CT molecular complexity index is 775. The largest absolute Gasteiger partial charge is 0.443 e. The van der Waals surface area contributed by atoms with Gasteiger partial charge in [-0.1, -0.05) is 36.4 Å². The summed E-state index contributed by atoms with van der Waals surface area (Å²) >= 11 is 0. The molecule has 1 heterocycles. The van der Waals surface area contributed by atoms with E-state index in [4.69, 9.17) is 0 Å². The molecule has 0 aromatic heterocycles. The number of rotatable bonds is 2. The Hall–Kier alpha value is -2.35. The molecule has 0 unspecified atom stereocenters.